The maximum atomic E-state index is 3.92. The Morgan fingerprint density at radius 1 is 1.35 bits per heavy atom. The summed E-state index contributed by atoms with van der Waals surface area (Å²) in [5, 5.41) is 3.92. The number of thioether (sulfide) groups is 1. The minimum Gasteiger partial charge on any atom is -0.313 e. The van der Waals surface area contributed by atoms with Crippen LogP contribution >= 0.6 is 11.8 Å². The van der Waals surface area contributed by atoms with E-state index < -0.39 is 0 Å². The van der Waals surface area contributed by atoms with Crippen LogP contribution in [0.3, 0.4) is 0 Å². The minimum atomic E-state index is 0.506. The fourth-order valence-corrected chi connectivity index (χ4v) is 5.16. The summed E-state index contributed by atoms with van der Waals surface area (Å²) in [4.78, 5) is 0. The molecule has 0 aromatic rings. The van der Waals surface area contributed by atoms with Crippen molar-refractivity contribution >= 4 is 11.8 Å². The topological polar surface area (TPSA) is 12.0 Å². The highest BCUT2D eigenvalue weighted by Crippen LogP contribution is 2.62. The van der Waals surface area contributed by atoms with Crippen LogP contribution in [0, 0.1) is 22.7 Å². The van der Waals surface area contributed by atoms with Gasteiger partial charge in [-0.2, -0.15) is 11.8 Å². The van der Waals surface area contributed by atoms with E-state index in [1.807, 2.05) is 11.8 Å². The normalized spacial score (nSPS) is 40.8. The van der Waals surface area contributed by atoms with Gasteiger partial charge in [0.25, 0.3) is 0 Å². The van der Waals surface area contributed by atoms with Gasteiger partial charge in [-0.15, -0.1) is 0 Å². The lowest BCUT2D eigenvalue weighted by Gasteiger charge is -2.43. The maximum absolute atomic E-state index is 3.92. The summed E-state index contributed by atoms with van der Waals surface area (Å²) in [6.07, 6.45) is 6.56. The van der Waals surface area contributed by atoms with Crippen LogP contribution in [0.1, 0.15) is 47.0 Å². The molecule has 0 aromatic carbocycles. The number of hydrogen-bond acceptors (Lipinski definition) is 2. The van der Waals surface area contributed by atoms with Crippen LogP contribution in [0.2, 0.25) is 0 Å². The Bertz CT molecular complexity index is 271. The first-order valence-electron chi connectivity index (χ1n) is 7.12. The molecule has 100 valence electrons. The van der Waals surface area contributed by atoms with Crippen LogP contribution in [0.15, 0.2) is 0 Å². The second-order valence-corrected chi connectivity index (χ2v) is 8.23. The van der Waals surface area contributed by atoms with E-state index in [-0.39, 0.29) is 0 Å². The summed E-state index contributed by atoms with van der Waals surface area (Å²) < 4.78 is 0. The number of hydrogen-bond donors (Lipinski definition) is 1. The lowest BCUT2D eigenvalue weighted by atomic mass is 9.68. The van der Waals surface area contributed by atoms with Gasteiger partial charge in [-0.25, -0.2) is 0 Å². The van der Waals surface area contributed by atoms with Gasteiger partial charge in [-0.05, 0) is 60.5 Å². The zero-order chi connectivity index (χ0) is 12.7. The fourth-order valence-electron chi connectivity index (χ4n) is 4.47. The van der Waals surface area contributed by atoms with E-state index in [9.17, 15) is 0 Å². The van der Waals surface area contributed by atoms with Crippen LogP contribution in [0.25, 0.3) is 0 Å². The summed E-state index contributed by atoms with van der Waals surface area (Å²) in [6, 6.07) is 0.734. The Labute approximate surface area is 112 Å². The van der Waals surface area contributed by atoms with Gasteiger partial charge in [-0.1, -0.05) is 27.7 Å². The van der Waals surface area contributed by atoms with Gasteiger partial charge >= 0.3 is 0 Å². The third-order valence-corrected chi connectivity index (χ3v) is 6.29. The zero-order valence-corrected chi connectivity index (χ0v) is 13.0. The molecule has 1 nitrogen and oxygen atoms in total. The van der Waals surface area contributed by atoms with Crippen molar-refractivity contribution in [3.05, 3.63) is 0 Å². The number of nitrogens with one attached hydrogen (secondary N) is 1. The molecule has 0 radical (unpaired) electrons. The van der Waals surface area contributed by atoms with Gasteiger partial charge in [0, 0.05) is 6.04 Å². The van der Waals surface area contributed by atoms with Gasteiger partial charge in [0.15, 0.2) is 0 Å². The Morgan fingerprint density at radius 2 is 2.06 bits per heavy atom. The molecule has 2 aliphatic rings. The first-order valence-corrected chi connectivity index (χ1v) is 8.52. The molecule has 2 rings (SSSR count). The van der Waals surface area contributed by atoms with Crippen LogP contribution in [-0.2, 0) is 0 Å². The predicted molar refractivity (Wildman–Crippen MR) is 78.6 cm³/mol. The van der Waals surface area contributed by atoms with Crippen molar-refractivity contribution in [3.63, 3.8) is 0 Å². The molecule has 0 spiro atoms. The molecule has 0 amide bonds. The molecule has 0 aromatic heterocycles. The van der Waals surface area contributed by atoms with Crippen LogP contribution in [-0.4, -0.2) is 24.6 Å². The van der Waals surface area contributed by atoms with Gasteiger partial charge in [-0.3, -0.25) is 0 Å². The third-order valence-electron chi connectivity index (χ3n) is 5.39. The summed E-state index contributed by atoms with van der Waals surface area (Å²) in [5.41, 5.74) is 1.08. The Balaban J connectivity index is 1.96. The average molecular weight is 255 g/mol. The Hall–Kier alpha value is 0.310. The minimum absolute atomic E-state index is 0.506. The molecular weight excluding hydrogens is 226 g/mol. The van der Waals surface area contributed by atoms with Crippen molar-refractivity contribution in [2.75, 3.05) is 18.6 Å². The van der Waals surface area contributed by atoms with E-state index >= 15 is 0 Å². The van der Waals surface area contributed by atoms with E-state index in [4.69, 9.17) is 0 Å². The largest absolute Gasteiger partial charge is 0.313 e. The molecule has 0 heterocycles. The average Bonchev–Trinajstić information content (AvgIpc) is 2.69. The Kier molecular flexibility index (Phi) is 3.85. The molecule has 1 N–H and O–H groups in total. The van der Waals surface area contributed by atoms with Crippen molar-refractivity contribution < 1.29 is 0 Å². The number of fused-ring (bicyclic) bond motifs is 2. The lowest BCUT2D eigenvalue weighted by molar-refractivity contribution is 0.107. The van der Waals surface area contributed by atoms with E-state index in [1.165, 1.54) is 31.6 Å². The van der Waals surface area contributed by atoms with Crippen LogP contribution in [0.4, 0.5) is 0 Å². The second-order valence-electron chi connectivity index (χ2n) is 7.32. The number of rotatable bonds is 5. The van der Waals surface area contributed by atoms with Crippen LogP contribution in [0.5, 0.6) is 0 Å². The molecule has 2 fully saturated rings. The molecule has 2 saturated carbocycles. The molecule has 2 bridgehead atoms. The lowest BCUT2D eigenvalue weighted by Crippen LogP contribution is -2.51. The summed E-state index contributed by atoms with van der Waals surface area (Å²) in [5.74, 6) is 3.03. The molecule has 2 heteroatoms. The third kappa shape index (κ3) is 2.40. The highest BCUT2D eigenvalue weighted by molar-refractivity contribution is 7.98. The highest BCUT2D eigenvalue weighted by Gasteiger charge is 2.58. The highest BCUT2D eigenvalue weighted by atomic mass is 32.2. The molecule has 0 saturated heterocycles. The van der Waals surface area contributed by atoms with Gasteiger partial charge < -0.3 is 5.32 Å². The van der Waals surface area contributed by atoms with Crippen molar-refractivity contribution in [3.8, 4) is 0 Å². The quantitative estimate of drug-likeness (QED) is 0.802. The standard InChI is InChI=1S/C15H29NS/c1-11(10-17-5)9-16-13-14(2,3)12-6-7-15(13,4)8-12/h11-13,16H,6-10H2,1-5H3. The first-order chi connectivity index (χ1) is 7.90. The van der Waals surface area contributed by atoms with Crippen molar-refractivity contribution in [2.45, 2.75) is 53.0 Å². The summed E-state index contributed by atoms with van der Waals surface area (Å²) in [6.45, 7) is 11.0. The van der Waals surface area contributed by atoms with Crippen molar-refractivity contribution in [1.82, 2.24) is 5.32 Å². The molecule has 0 aliphatic heterocycles. The van der Waals surface area contributed by atoms with Crippen molar-refractivity contribution in [2.24, 2.45) is 22.7 Å². The zero-order valence-electron chi connectivity index (χ0n) is 12.2. The smallest absolute Gasteiger partial charge is 0.0175 e. The van der Waals surface area contributed by atoms with Gasteiger partial charge in [0.1, 0.15) is 0 Å². The summed E-state index contributed by atoms with van der Waals surface area (Å²) >= 11 is 1.97. The van der Waals surface area contributed by atoms with Crippen molar-refractivity contribution in [1.29, 1.82) is 0 Å². The van der Waals surface area contributed by atoms with E-state index in [0.717, 1.165) is 17.9 Å². The molecular formula is C15H29NS. The van der Waals surface area contributed by atoms with Gasteiger partial charge in [0.2, 0.25) is 0 Å². The van der Waals surface area contributed by atoms with E-state index in [0.29, 0.717) is 10.8 Å². The van der Waals surface area contributed by atoms with E-state index in [2.05, 4.69) is 39.3 Å². The van der Waals surface area contributed by atoms with Gasteiger partial charge in [0.05, 0.1) is 0 Å². The summed E-state index contributed by atoms with van der Waals surface area (Å²) in [7, 11) is 0. The molecule has 17 heavy (non-hydrogen) atoms. The Morgan fingerprint density at radius 3 is 2.59 bits per heavy atom. The molecule has 4 atom stereocenters. The molecule has 4 unspecified atom stereocenters. The second kappa shape index (κ2) is 4.77. The van der Waals surface area contributed by atoms with Crippen LogP contribution < -0.4 is 5.32 Å². The molecule has 2 aliphatic carbocycles. The monoisotopic (exact) mass is 255 g/mol. The fraction of sp³-hybridized carbons (Fsp3) is 1.00. The first kappa shape index (κ1) is 13.7. The predicted octanol–water partition coefficient (Wildman–Crippen LogP) is 3.79. The van der Waals surface area contributed by atoms with E-state index in [1.54, 1.807) is 0 Å². The maximum Gasteiger partial charge on any atom is 0.0175 e. The SMILES string of the molecule is CSCC(C)CNC1C2(C)CCC(C2)C1(C)C.